The van der Waals surface area contributed by atoms with Gasteiger partial charge in [0.05, 0.1) is 0 Å². The molecule has 0 aromatic heterocycles. The van der Waals surface area contributed by atoms with Gasteiger partial charge in [-0.05, 0) is 39.4 Å². The maximum absolute atomic E-state index is 3.60. The van der Waals surface area contributed by atoms with E-state index in [1.165, 1.54) is 51.9 Å². The molecule has 0 spiro atoms. The van der Waals surface area contributed by atoms with E-state index in [9.17, 15) is 0 Å². The number of likely N-dealkylation sites (tertiary alicyclic amines) is 1. The number of nitrogens with zero attached hydrogens (tertiary/aromatic N) is 2. The molecule has 2 saturated heterocycles. The van der Waals surface area contributed by atoms with Crippen molar-refractivity contribution in [1.82, 2.24) is 15.1 Å². The maximum Gasteiger partial charge on any atom is 0.0480 e. The summed E-state index contributed by atoms with van der Waals surface area (Å²) in [7, 11) is 2.18. The van der Waals surface area contributed by atoms with E-state index in [-0.39, 0.29) is 0 Å². The highest BCUT2D eigenvalue weighted by Crippen LogP contribution is 2.11. The molecule has 3 heteroatoms. The van der Waals surface area contributed by atoms with Crippen LogP contribution >= 0.6 is 0 Å². The van der Waals surface area contributed by atoms with Crippen LogP contribution in [-0.4, -0.2) is 55.7 Å². The summed E-state index contributed by atoms with van der Waals surface area (Å²) in [6.07, 6.45) is 5.57. The summed E-state index contributed by atoms with van der Waals surface area (Å²) in [4.78, 5) is 4.99. The Morgan fingerprint density at radius 3 is 2.57 bits per heavy atom. The van der Waals surface area contributed by atoms with Gasteiger partial charge in [-0.2, -0.15) is 0 Å². The zero-order valence-corrected chi connectivity index (χ0v) is 9.34. The molecule has 2 aliphatic heterocycles. The molecule has 1 unspecified atom stereocenters. The number of nitrogens with one attached hydrogen (secondary N) is 1. The van der Waals surface area contributed by atoms with Gasteiger partial charge in [-0.25, -0.2) is 0 Å². The highest BCUT2D eigenvalue weighted by Gasteiger charge is 2.19. The number of hydrogen-bond donors (Lipinski definition) is 1. The molecule has 2 fully saturated rings. The van der Waals surface area contributed by atoms with Crippen LogP contribution in [0, 0.1) is 0 Å². The molecule has 0 amide bonds. The van der Waals surface area contributed by atoms with E-state index in [0.29, 0.717) is 0 Å². The minimum absolute atomic E-state index is 0.740. The smallest absolute Gasteiger partial charge is 0.0480 e. The fourth-order valence-corrected chi connectivity index (χ4v) is 2.45. The molecule has 1 N–H and O–H groups in total. The fourth-order valence-electron chi connectivity index (χ4n) is 2.45. The van der Waals surface area contributed by atoms with Crippen molar-refractivity contribution in [2.45, 2.75) is 31.7 Å². The predicted molar refractivity (Wildman–Crippen MR) is 59.3 cm³/mol. The lowest BCUT2D eigenvalue weighted by Crippen LogP contribution is -2.51. The first-order valence-corrected chi connectivity index (χ1v) is 5.99. The summed E-state index contributed by atoms with van der Waals surface area (Å²) in [5.74, 6) is 0. The standard InChI is InChI=1S/C11H23N3/c1-13-8-5-11(12-10-13)9-14-6-3-2-4-7-14/h11-12H,2-10H2,1H3. The van der Waals surface area contributed by atoms with Gasteiger partial charge in [0.15, 0.2) is 0 Å². The fraction of sp³-hybridized carbons (Fsp3) is 1.00. The average molecular weight is 197 g/mol. The zero-order valence-electron chi connectivity index (χ0n) is 9.34. The lowest BCUT2D eigenvalue weighted by atomic mass is 10.1. The third kappa shape index (κ3) is 2.94. The van der Waals surface area contributed by atoms with Gasteiger partial charge in [-0.3, -0.25) is 4.90 Å². The quantitative estimate of drug-likeness (QED) is 0.704. The first-order chi connectivity index (χ1) is 6.84. The van der Waals surface area contributed by atoms with E-state index < -0.39 is 0 Å². The summed E-state index contributed by atoms with van der Waals surface area (Å²) < 4.78 is 0. The molecule has 14 heavy (non-hydrogen) atoms. The normalized spacial score (nSPS) is 31.9. The Hall–Kier alpha value is -0.120. The third-order valence-corrected chi connectivity index (χ3v) is 3.44. The Balaban J connectivity index is 1.68. The predicted octanol–water partition coefficient (Wildman–Crippen LogP) is 0.723. The van der Waals surface area contributed by atoms with Crippen LogP contribution in [0.4, 0.5) is 0 Å². The van der Waals surface area contributed by atoms with Crippen molar-refractivity contribution in [1.29, 1.82) is 0 Å². The molecule has 2 rings (SSSR count). The largest absolute Gasteiger partial charge is 0.302 e. The molecule has 0 aromatic rings. The molecular weight excluding hydrogens is 174 g/mol. The van der Waals surface area contributed by atoms with E-state index in [4.69, 9.17) is 0 Å². The van der Waals surface area contributed by atoms with Crippen LogP contribution in [0.3, 0.4) is 0 Å². The Morgan fingerprint density at radius 1 is 1.14 bits per heavy atom. The van der Waals surface area contributed by atoms with Gasteiger partial charge in [-0.1, -0.05) is 6.42 Å². The van der Waals surface area contributed by atoms with Crippen molar-refractivity contribution in [3.63, 3.8) is 0 Å². The molecule has 0 aromatic carbocycles. The van der Waals surface area contributed by atoms with E-state index in [0.717, 1.165) is 12.7 Å². The summed E-state index contributed by atoms with van der Waals surface area (Å²) in [5, 5.41) is 3.60. The lowest BCUT2D eigenvalue weighted by molar-refractivity contribution is 0.155. The maximum atomic E-state index is 3.60. The number of hydrogen-bond acceptors (Lipinski definition) is 3. The second-order valence-corrected chi connectivity index (χ2v) is 4.79. The van der Waals surface area contributed by atoms with Gasteiger partial charge in [0.1, 0.15) is 0 Å². The second kappa shape index (κ2) is 5.10. The van der Waals surface area contributed by atoms with Crippen LogP contribution in [0.2, 0.25) is 0 Å². The Morgan fingerprint density at radius 2 is 1.93 bits per heavy atom. The number of rotatable bonds is 2. The average Bonchev–Trinajstić information content (AvgIpc) is 2.23. The van der Waals surface area contributed by atoms with Gasteiger partial charge in [0.2, 0.25) is 0 Å². The SMILES string of the molecule is CN1CCC(CN2CCCCC2)NC1. The second-order valence-electron chi connectivity index (χ2n) is 4.79. The van der Waals surface area contributed by atoms with Crippen LogP contribution in [-0.2, 0) is 0 Å². The van der Waals surface area contributed by atoms with Gasteiger partial charge < -0.3 is 10.2 Å². The van der Waals surface area contributed by atoms with Crippen molar-refractivity contribution in [2.75, 3.05) is 39.9 Å². The zero-order chi connectivity index (χ0) is 9.80. The van der Waals surface area contributed by atoms with Crippen molar-refractivity contribution < 1.29 is 0 Å². The number of piperidine rings is 1. The Kier molecular flexibility index (Phi) is 3.79. The minimum atomic E-state index is 0.740. The molecular formula is C11H23N3. The van der Waals surface area contributed by atoms with Crippen molar-refractivity contribution in [3.8, 4) is 0 Å². The van der Waals surface area contributed by atoms with Crippen LogP contribution in [0.1, 0.15) is 25.7 Å². The van der Waals surface area contributed by atoms with Crippen molar-refractivity contribution in [3.05, 3.63) is 0 Å². The van der Waals surface area contributed by atoms with Gasteiger partial charge in [0, 0.05) is 25.8 Å². The van der Waals surface area contributed by atoms with Crippen LogP contribution in [0.15, 0.2) is 0 Å². The van der Waals surface area contributed by atoms with Crippen molar-refractivity contribution in [2.24, 2.45) is 0 Å². The van der Waals surface area contributed by atoms with E-state index in [1.54, 1.807) is 0 Å². The first-order valence-electron chi connectivity index (χ1n) is 5.99. The molecule has 0 saturated carbocycles. The van der Waals surface area contributed by atoms with Gasteiger partial charge in [0.25, 0.3) is 0 Å². The molecule has 0 bridgehead atoms. The molecule has 2 heterocycles. The molecule has 2 aliphatic rings. The molecule has 0 aliphatic carbocycles. The topological polar surface area (TPSA) is 18.5 Å². The minimum Gasteiger partial charge on any atom is -0.302 e. The Labute approximate surface area is 87.4 Å². The lowest BCUT2D eigenvalue weighted by Gasteiger charge is -2.35. The molecule has 1 atom stereocenters. The van der Waals surface area contributed by atoms with Crippen LogP contribution in [0.25, 0.3) is 0 Å². The van der Waals surface area contributed by atoms with E-state index >= 15 is 0 Å². The molecule has 3 nitrogen and oxygen atoms in total. The summed E-state index contributed by atoms with van der Waals surface area (Å²) in [5.41, 5.74) is 0. The van der Waals surface area contributed by atoms with Crippen LogP contribution in [0.5, 0.6) is 0 Å². The van der Waals surface area contributed by atoms with Gasteiger partial charge >= 0.3 is 0 Å². The van der Waals surface area contributed by atoms with Crippen molar-refractivity contribution >= 4 is 0 Å². The molecule has 0 radical (unpaired) electrons. The first kappa shape index (κ1) is 10.4. The Bertz CT molecular complexity index is 158. The van der Waals surface area contributed by atoms with E-state index in [1.807, 2.05) is 0 Å². The summed E-state index contributed by atoms with van der Waals surface area (Å²) in [6.45, 7) is 6.25. The summed E-state index contributed by atoms with van der Waals surface area (Å²) in [6, 6.07) is 0.740. The molecule has 82 valence electrons. The summed E-state index contributed by atoms with van der Waals surface area (Å²) >= 11 is 0. The van der Waals surface area contributed by atoms with Gasteiger partial charge in [-0.15, -0.1) is 0 Å². The van der Waals surface area contributed by atoms with Crippen LogP contribution < -0.4 is 5.32 Å². The van der Waals surface area contributed by atoms with E-state index in [2.05, 4.69) is 22.2 Å². The monoisotopic (exact) mass is 197 g/mol. The third-order valence-electron chi connectivity index (χ3n) is 3.44. The highest BCUT2D eigenvalue weighted by atomic mass is 15.3. The highest BCUT2D eigenvalue weighted by molar-refractivity contribution is 4.78.